The fourth-order valence-corrected chi connectivity index (χ4v) is 2.55. The lowest BCUT2D eigenvalue weighted by atomic mass is 10.2. The van der Waals surface area contributed by atoms with E-state index in [1.807, 2.05) is 44.2 Å². The van der Waals surface area contributed by atoms with E-state index in [0.717, 1.165) is 17.0 Å². The Labute approximate surface area is 158 Å². The maximum Gasteiger partial charge on any atom is 0.247 e. The molecule has 0 unspecified atom stereocenters. The van der Waals surface area contributed by atoms with Crippen molar-refractivity contribution in [3.63, 3.8) is 0 Å². The van der Waals surface area contributed by atoms with Crippen LogP contribution in [0.2, 0.25) is 0 Å². The van der Waals surface area contributed by atoms with Crippen molar-refractivity contribution in [2.45, 2.75) is 26.5 Å². The highest BCUT2D eigenvalue weighted by Gasteiger charge is 2.13. The smallest absolute Gasteiger partial charge is 0.247 e. The first-order chi connectivity index (χ1) is 13.1. The van der Waals surface area contributed by atoms with Gasteiger partial charge in [-0.2, -0.15) is 0 Å². The minimum Gasteiger partial charge on any atom is -0.493 e. The molecule has 3 rings (SSSR count). The topological polar surface area (TPSA) is 78.6 Å². The monoisotopic (exact) mass is 369 g/mol. The molecule has 0 amide bonds. The molecule has 0 aliphatic carbocycles. The maximum absolute atomic E-state index is 5.80. The molecule has 1 aromatic heterocycles. The number of nitrogens with one attached hydrogen (secondary N) is 1. The normalized spacial score (nSPS) is 10.7. The molecule has 7 heteroatoms. The third-order valence-corrected chi connectivity index (χ3v) is 3.78. The molecule has 1 heterocycles. The van der Waals surface area contributed by atoms with Crippen molar-refractivity contribution >= 4 is 5.69 Å². The van der Waals surface area contributed by atoms with Gasteiger partial charge in [0.1, 0.15) is 5.75 Å². The lowest BCUT2D eigenvalue weighted by molar-refractivity contribution is 0.243. The van der Waals surface area contributed by atoms with Crippen LogP contribution < -0.4 is 19.5 Å². The predicted molar refractivity (Wildman–Crippen MR) is 102 cm³/mol. The number of methoxy groups -OCH3 is 2. The Kier molecular flexibility index (Phi) is 5.80. The Morgan fingerprint density at radius 2 is 1.74 bits per heavy atom. The van der Waals surface area contributed by atoms with E-state index in [1.54, 1.807) is 26.4 Å². The van der Waals surface area contributed by atoms with E-state index in [1.165, 1.54) is 0 Å². The van der Waals surface area contributed by atoms with Crippen molar-refractivity contribution in [1.29, 1.82) is 0 Å². The van der Waals surface area contributed by atoms with Crippen LogP contribution in [-0.2, 0) is 6.54 Å². The van der Waals surface area contributed by atoms with Crippen molar-refractivity contribution in [2.24, 2.45) is 0 Å². The number of nitrogens with zero attached hydrogens (tertiary/aromatic N) is 2. The van der Waals surface area contributed by atoms with E-state index in [-0.39, 0.29) is 6.10 Å². The van der Waals surface area contributed by atoms with Gasteiger partial charge in [-0.25, -0.2) is 0 Å². The number of rotatable bonds is 8. The van der Waals surface area contributed by atoms with Crippen LogP contribution in [-0.4, -0.2) is 30.5 Å². The first-order valence-corrected chi connectivity index (χ1v) is 8.65. The van der Waals surface area contributed by atoms with E-state index < -0.39 is 0 Å². The fraction of sp³-hybridized carbons (Fsp3) is 0.300. The van der Waals surface area contributed by atoms with E-state index in [0.29, 0.717) is 29.8 Å². The van der Waals surface area contributed by atoms with Gasteiger partial charge in [0, 0.05) is 5.56 Å². The first-order valence-electron chi connectivity index (χ1n) is 8.65. The van der Waals surface area contributed by atoms with Gasteiger partial charge in [-0.05, 0) is 44.2 Å². The van der Waals surface area contributed by atoms with E-state index in [2.05, 4.69) is 15.5 Å². The molecule has 0 bridgehead atoms. The summed E-state index contributed by atoms with van der Waals surface area (Å²) in [5.74, 6) is 2.92. The van der Waals surface area contributed by atoms with Gasteiger partial charge in [0.2, 0.25) is 11.8 Å². The van der Waals surface area contributed by atoms with Crippen molar-refractivity contribution in [1.82, 2.24) is 10.2 Å². The molecule has 0 aliphatic heterocycles. The maximum atomic E-state index is 5.80. The quantitative estimate of drug-likeness (QED) is 0.639. The minimum absolute atomic E-state index is 0.0907. The Hall–Kier alpha value is -3.22. The molecule has 142 valence electrons. The summed E-state index contributed by atoms with van der Waals surface area (Å²) in [6, 6.07) is 13.2. The summed E-state index contributed by atoms with van der Waals surface area (Å²) in [7, 11) is 3.18. The Morgan fingerprint density at radius 3 is 2.48 bits per heavy atom. The van der Waals surface area contributed by atoms with Crippen LogP contribution in [0.25, 0.3) is 11.5 Å². The van der Waals surface area contributed by atoms with Gasteiger partial charge < -0.3 is 23.9 Å². The molecule has 2 aromatic carbocycles. The second-order valence-electron chi connectivity index (χ2n) is 6.09. The lowest BCUT2D eigenvalue weighted by Gasteiger charge is -2.14. The summed E-state index contributed by atoms with van der Waals surface area (Å²) >= 11 is 0. The molecule has 1 N–H and O–H groups in total. The molecule has 0 spiro atoms. The van der Waals surface area contributed by atoms with Gasteiger partial charge in [0.25, 0.3) is 0 Å². The van der Waals surface area contributed by atoms with Gasteiger partial charge in [-0.1, -0.05) is 12.1 Å². The summed E-state index contributed by atoms with van der Waals surface area (Å²) in [4.78, 5) is 0. The molecule has 7 nitrogen and oxygen atoms in total. The van der Waals surface area contributed by atoms with Crippen molar-refractivity contribution < 1.29 is 18.6 Å². The number of hydrogen-bond acceptors (Lipinski definition) is 7. The minimum atomic E-state index is 0.0907. The highest BCUT2D eigenvalue weighted by atomic mass is 16.5. The largest absolute Gasteiger partial charge is 0.493 e. The SMILES string of the molecule is COc1ccc(-c2nnc(CNc3ccccc3OC(C)C)o2)cc1OC. The van der Waals surface area contributed by atoms with Crippen LogP contribution >= 0.6 is 0 Å². The zero-order chi connectivity index (χ0) is 19.2. The number of anilines is 1. The molecule has 27 heavy (non-hydrogen) atoms. The average Bonchev–Trinajstić information content (AvgIpc) is 3.15. The second kappa shape index (κ2) is 8.44. The standard InChI is InChI=1S/C20H23N3O4/c1-13(2)26-16-8-6-5-7-15(16)21-12-19-22-23-20(27-19)14-9-10-17(24-3)18(11-14)25-4/h5-11,13,21H,12H2,1-4H3. The molecule has 0 fully saturated rings. The second-order valence-corrected chi connectivity index (χ2v) is 6.09. The van der Waals surface area contributed by atoms with Crippen LogP contribution in [0.5, 0.6) is 17.2 Å². The van der Waals surface area contributed by atoms with Crippen LogP contribution in [0.15, 0.2) is 46.9 Å². The number of benzene rings is 2. The van der Waals surface area contributed by atoms with Crippen molar-refractivity contribution in [2.75, 3.05) is 19.5 Å². The van der Waals surface area contributed by atoms with Gasteiger partial charge >= 0.3 is 0 Å². The van der Waals surface area contributed by atoms with Crippen LogP contribution in [0.4, 0.5) is 5.69 Å². The highest BCUT2D eigenvalue weighted by molar-refractivity contribution is 5.60. The van der Waals surface area contributed by atoms with Crippen LogP contribution in [0, 0.1) is 0 Å². The van der Waals surface area contributed by atoms with E-state index in [4.69, 9.17) is 18.6 Å². The molecular formula is C20H23N3O4. The Bertz CT molecular complexity index is 892. The first kappa shape index (κ1) is 18.6. The molecule has 0 atom stereocenters. The summed E-state index contributed by atoms with van der Waals surface area (Å²) < 4.78 is 22.1. The zero-order valence-electron chi connectivity index (χ0n) is 15.9. The molecule has 0 saturated carbocycles. The summed E-state index contributed by atoms with van der Waals surface area (Å²) in [5.41, 5.74) is 1.63. The zero-order valence-corrected chi connectivity index (χ0v) is 15.9. The van der Waals surface area contributed by atoms with Crippen molar-refractivity contribution in [3.05, 3.63) is 48.4 Å². The fourth-order valence-electron chi connectivity index (χ4n) is 2.55. The number of aromatic nitrogens is 2. The molecule has 0 saturated heterocycles. The third kappa shape index (κ3) is 4.49. The number of ether oxygens (including phenoxy) is 3. The average molecular weight is 369 g/mol. The van der Waals surface area contributed by atoms with Crippen LogP contribution in [0.1, 0.15) is 19.7 Å². The number of hydrogen-bond donors (Lipinski definition) is 1. The number of para-hydroxylation sites is 2. The highest BCUT2D eigenvalue weighted by Crippen LogP contribution is 2.32. The molecule has 0 radical (unpaired) electrons. The van der Waals surface area contributed by atoms with E-state index in [9.17, 15) is 0 Å². The Morgan fingerprint density at radius 1 is 0.963 bits per heavy atom. The molecule has 3 aromatic rings. The molecule has 0 aliphatic rings. The molecular weight excluding hydrogens is 346 g/mol. The van der Waals surface area contributed by atoms with E-state index >= 15 is 0 Å². The van der Waals surface area contributed by atoms with Gasteiger partial charge in [0.05, 0.1) is 32.6 Å². The predicted octanol–water partition coefficient (Wildman–Crippen LogP) is 4.15. The summed E-state index contributed by atoms with van der Waals surface area (Å²) in [6.45, 7) is 4.37. The van der Waals surface area contributed by atoms with Crippen LogP contribution in [0.3, 0.4) is 0 Å². The summed E-state index contributed by atoms with van der Waals surface area (Å²) in [6.07, 6.45) is 0.0907. The third-order valence-electron chi connectivity index (χ3n) is 3.78. The van der Waals surface area contributed by atoms with Crippen molar-refractivity contribution in [3.8, 4) is 28.7 Å². The Balaban J connectivity index is 1.72. The van der Waals surface area contributed by atoms with Gasteiger partial charge in [-0.15, -0.1) is 10.2 Å². The van der Waals surface area contributed by atoms with Gasteiger partial charge in [-0.3, -0.25) is 0 Å². The van der Waals surface area contributed by atoms with Gasteiger partial charge in [0.15, 0.2) is 11.5 Å². The lowest BCUT2D eigenvalue weighted by Crippen LogP contribution is -2.08. The summed E-state index contributed by atoms with van der Waals surface area (Å²) in [5, 5.41) is 11.5.